The first-order chi connectivity index (χ1) is 9.74. The Labute approximate surface area is 123 Å². The zero-order chi connectivity index (χ0) is 14.4. The highest BCUT2D eigenvalue weighted by Gasteiger charge is 2.30. The molecule has 0 bridgehead atoms. The molecule has 2 saturated carbocycles. The monoisotopic (exact) mass is 282 g/mol. The third-order valence-electron chi connectivity index (χ3n) is 5.15. The summed E-state index contributed by atoms with van der Waals surface area (Å²) in [6.45, 7) is 4.20. The van der Waals surface area contributed by atoms with Crippen molar-refractivity contribution in [2.75, 3.05) is 0 Å². The van der Waals surface area contributed by atoms with Crippen molar-refractivity contribution >= 4 is 6.16 Å². The van der Waals surface area contributed by atoms with Crippen LogP contribution in [0.3, 0.4) is 0 Å². The lowest BCUT2D eigenvalue weighted by Gasteiger charge is -2.26. The van der Waals surface area contributed by atoms with Gasteiger partial charge in [-0.3, -0.25) is 0 Å². The summed E-state index contributed by atoms with van der Waals surface area (Å²) < 4.78 is 11.2. The van der Waals surface area contributed by atoms with Gasteiger partial charge >= 0.3 is 6.16 Å². The van der Waals surface area contributed by atoms with E-state index in [2.05, 4.69) is 13.8 Å². The summed E-state index contributed by atoms with van der Waals surface area (Å²) in [5.41, 5.74) is 0. The van der Waals surface area contributed by atoms with Crippen molar-refractivity contribution in [1.82, 2.24) is 0 Å². The fraction of sp³-hybridized carbons (Fsp3) is 0.941. The number of hydrogen-bond donors (Lipinski definition) is 0. The molecular weight excluding hydrogens is 252 g/mol. The molecule has 0 aromatic rings. The van der Waals surface area contributed by atoms with Crippen LogP contribution in [-0.4, -0.2) is 18.4 Å². The molecule has 0 aromatic carbocycles. The van der Waals surface area contributed by atoms with Crippen LogP contribution >= 0.6 is 0 Å². The van der Waals surface area contributed by atoms with Crippen molar-refractivity contribution in [2.24, 2.45) is 11.8 Å². The van der Waals surface area contributed by atoms with Crippen LogP contribution in [0.5, 0.6) is 0 Å². The van der Waals surface area contributed by atoms with Crippen LogP contribution in [-0.2, 0) is 9.47 Å². The van der Waals surface area contributed by atoms with E-state index in [-0.39, 0.29) is 12.2 Å². The van der Waals surface area contributed by atoms with Crippen molar-refractivity contribution in [2.45, 2.75) is 90.3 Å². The van der Waals surface area contributed by atoms with Crippen molar-refractivity contribution in [3.8, 4) is 0 Å². The molecule has 0 spiro atoms. The van der Waals surface area contributed by atoms with Crippen LogP contribution in [0, 0.1) is 11.8 Å². The van der Waals surface area contributed by atoms with Gasteiger partial charge in [0.1, 0.15) is 12.2 Å². The molecule has 116 valence electrons. The average molecular weight is 282 g/mol. The summed E-state index contributed by atoms with van der Waals surface area (Å²) >= 11 is 0. The number of carbonyl (C=O) groups excluding carboxylic acids is 1. The van der Waals surface area contributed by atoms with Crippen molar-refractivity contribution in [3.05, 3.63) is 0 Å². The largest absolute Gasteiger partial charge is 0.508 e. The van der Waals surface area contributed by atoms with Crippen molar-refractivity contribution in [1.29, 1.82) is 0 Å². The molecule has 2 aliphatic rings. The zero-order valence-corrected chi connectivity index (χ0v) is 13.1. The van der Waals surface area contributed by atoms with Gasteiger partial charge in [-0.15, -0.1) is 0 Å². The van der Waals surface area contributed by atoms with Gasteiger partial charge in [-0.25, -0.2) is 4.79 Å². The standard InChI is InChI=1S/C17H30O3/c1-3-15(13-9-5-6-10-13)19-17(18)20-16(4-2)14-11-7-8-12-14/h13-16H,3-12H2,1-2H3. The predicted octanol–water partition coefficient (Wildman–Crippen LogP) is 5.08. The molecule has 20 heavy (non-hydrogen) atoms. The van der Waals surface area contributed by atoms with Crippen molar-refractivity contribution < 1.29 is 14.3 Å². The highest BCUT2D eigenvalue weighted by Crippen LogP contribution is 2.33. The lowest BCUT2D eigenvalue weighted by molar-refractivity contribution is -0.0324. The smallest absolute Gasteiger partial charge is 0.431 e. The molecule has 0 aromatic heterocycles. The third kappa shape index (κ3) is 4.13. The topological polar surface area (TPSA) is 35.5 Å². The van der Waals surface area contributed by atoms with E-state index in [4.69, 9.17) is 9.47 Å². The molecule has 0 saturated heterocycles. The number of ether oxygens (including phenoxy) is 2. The summed E-state index contributed by atoms with van der Waals surface area (Å²) in [5, 5.41) is 0. The van der Waals surface area contributed by atoms with E-state index in [0.29, 0.717) is 11.8 Å². The zero-order valence-electron chi connectivity index (χ0n) is 13.1. The first-order valence-electron chi connectivity index (χ1n) is 8.61. The second-order valence-corrected chi connectivity index (χ2v) is 6.47. The number of hydrogen-bond acceptors (Lipinski definition) is 3. The van der Waals surface area contributed by atoms with Gasteiger partial charge in [0, 0.05) is 0 Å². The highest BCUT2D eigenvalue weighted by atomic mass is 16.7. The maximum absolute atomic E-state index is 12.1. The van der Waals surface area contributed by atoms with Gasteiger partial charge in [-0.05, 0) is 50.4 Å². The summed E-state index contributed by atoms with van der Waals surface area (Å²) in [6.07, 6.45) is 11.4. The van der Waals surface area contributed by atoms with Crippen molar-refractivity contribution in [3.63, 3.8) is 0 Å². The summed E-state index contributed by atoms with van der Waals surface area (Å²) in [7, 11) is 0. The molecule has 2 unspecified atom stereocenters. The minimum absolute atomic E-state index is 0.0612. The van der Waals surface area contributed by atoms with Crippen LogP contribution in [0.1, 0.15) is 78.1 Å². The average Bonchev–Trinajstić information content (AvgIpc) is 3.14. The Morgan fingerprint density at radius 2 is 1.20 bits per heavy atom. The van der Waals surface area contributed by atoms with Crippen LogP contribution < -0.4 is 0 Å². The lowest BCUT2D eigenvalue weighted by atomic mass is 9.98. The minimum atomic E-state index is -0.428. The van der Waals surface area contributed by atoms with Crippen LogP contribution in [0.25, 0.3) is 0 Å². The van der Waals surface area contributed by atoms with E-state index in [1.165, 1.54) is 51.4 Å². The Morgan fingerprint density at radius 3 is 1.50 bits per heavy atom. The van der Waals surface area contributed by atoms with E-state index in [1.54, 1.807) is 0 Å². The molecule has 0 aliphatic heterocycles. The molecule has 0 radical (unpaired) electrons. The van der Waals surface area contributed by atoms with E-state index >= 15 is 0 Å². The van der Waals surface area contributed by atoms with Gasteiger partial charge in [0.2, 0.25) is 0 Å². The molecule has 2 rings (SSSR count). The molecule has 2 fully saturated rings. The van der Waals surface area contributed by atoms with E-state index in [1.807, 2.05) is 0 Å². The Bertz CT molecular complexity index is 263. The molecule has 3 heteroatoms. The summed E-state index contributed by atoms with van der Waals surface area (Å²) in [5.74, 6) is 1.11. The molecule has 0 amide bonds. The molecule has 3 nitrogen and oxygen atoms in total. The quantitative estimate of drug-likeness (QED) is 0.637. The highest BCUT2D eigenvalue weighted by molar-refractivity contribution is 5.60. The fourth-order valence-electron chi connectivity index (χ4n) is 3.96. The Hall–Kier alpha value is -0.730. The van der Waals surface area contributed by atoms with E-state index < -0.39 is 6.16 Å². The van der Waals surface area contributed by atoms with E-state index in [9.17, 15) is 4.79 Å². The first kappa shape index (κ1) is 15.7. The van der Waals surface area contributed by atoms with Gasteiger partial charge in [-0.2, -0.15) is 0 Å². The molecule has 2 aliphatic carbocycles. The fourth-order valence-corrected chi connectivity index (χ4v) is 3.96. The second-order valence-electron chi connectivity index (χ2n) is 6.47. The normalized spacial score (nSPS) is 23.7. The van der Waals surface area contributed by atoms with Gasteiger partial charge in [-0.1, -0.05) is 39.5 Å². The van der Waals surface area contributed by atoms with Crippen LogP contribution in [0.15, 0.2) is 0 Å². The maximum atomic E-state index is 12.1. The second kappa shape index (κ2) is 7.90. The van der Waals surface area contributed by atoms with Gasteiger partial charge in [0.05, 0.1) is 0 Å². The third-order valence-corrected chi connectivity index (χ3v) is 5.15. The molecule has 0 N–H and O–H groups in total. The Kier molecular flexibility index (Phi) is 6.18. The number of carbonyl (C=O) groups is 1. The first-order valence-corrected chi connectivity index (χ1v) is 8.61. The summed E-state index contributed by atoms with van der Waals surface area (Å²) in [6, 6.07) is 0. The maximum Gasteiger partial charge on any atom is 0.508 e. The summed E-state index contributed by atoms with van der Waals surface area (Å²) in [4.78, 5) is 12.1. The SMILES string of the molecule is CCC(OC(=O)OC(CC)C1CCCC1)C1CCCC1. The van der Waals surface area contributed by atoms with Crippen LogP contribution in [0.2, 0.25) is 0 Å². The molecule has 0 heterocycles. The lowest BCUT2D eigenvalue weighted by Crippen LogP contribution is -2.30. The molecule has 2 atom stereocenters. The van der Waals surface area contributed by atoms with Gasteiger partial charge in [0.25, 0.3) is 0 Å². The predicted molar refractivity (Wildman–Crippen MR) is 79.6 cm³/mol. The Balaban J connectivity index is 1.80. The number of rotatable bonds is 6. The van der Waals surface area contributed by atoms with E-state index in [0.717, 1.165) is 12.8 Å². The Morgan fingerprint density at radius 1 is 0.850 bits per heavy atom. The van der Waals surface area contributed by atoms with Gasteiger partial charge < -0.3 is 9.47 Å². The minimum Gasteiger partial charge on any atom is -0.431 e. The van der Waals surface area contributed by atoms with Gasteiger partial charge in [0.15, 0.2) is 0 Å². The molecular formula is C17H30O3. The van der Waals surface area contributed by atoms with Crippen LogP contribution in [0.4, 0.5) is 4.79 Å².